The van der Waals surface area contributed by atoms with Gasteiger partial charge in [-0.25, -0.2) is 8.42 Å². The highest BCUT2D eigenvalue weighted by molar-refractivity contribution is 7.92. The molecule has 1 unspecified atom stereocenters. The maximum Gasteiger partial charge on any atom is 0.154 e. The maximum absolute atomic E-state index is 11.8. The normalized spacial score (nSPS) is 20.7. The standard InChI is InChI=1S/C14H18N4O2S/c19-21(20)6-2-4-13(21)10-16-8-12-9-17-18-14(12)11-3-1-5-15-7-11/h1,3,5,7,9,13,16H,2,4,6,8,10H2,(H,17,18). The van der Waals surface area contributed by atoms with Gasteiger partial charge in [0, 0.05) is 36.6 Å². The minimum absolute atomic E-state index is 0.244. The Kier molecular flexibility index (Phi) is 4.03. The Balaban J connectivity index is 1.63. The first-order valence-electron chi connectivity index (χ1n) is 7.02. The number of H-pyrrole nitrogens is 1. The van der Waals surface area contributed by atoms with Crippen molar-refractivity contribution < 1.29 is 8.42 Å². The van der Waals surface area contributed by atoms with Crippen LogP contribution in [0.2, 0.25) is 0 Å². The van der Waals surface area contributed by atoms with E-state index in [1.165, 1.54) is 0 Å². The summed E-state index contributed by atoms with van der Waals surface area (Å²) in [6, 6.07) is 3.84. The second kappa shape index (κ2) is 5.95. The lowest BCUT2D eigenvalue weighted by Gasteiger charge is -2.10. The van der Waals surface area contributed by atoms with Gasteiger partial charge in [0.15, 0.2) is 9.84 Å². The van der Waals surface area contributed by atoms with Crippen LogP contribution in [0.5, 0.6) is 0 Å². The molecule has 0 bridgehead atoms. The number of nitrogens with one attached hydrogen (secondary N) is 2. The van der Waals surface area contributed by atoms with Crippen molar-refractivity contribution in [1.29, 1.82) is 0 Å². The molecule has 2 aromatic heterocycles. The Morgan fingerprint density at radius 3 is 3.00 bits per heavy atom. The van der Waals surface area contributed by atoms with Crippen LogP contribution in [0.15, 0.2) is 30.7 Å². The lowest BCUT2D eigenvalue weighted by atomic mass is 10.1. The van der Waals surface area contributed by atoms with Crippen LogP contribution in [0, 0.1) is 0 Å². The highest BCUT2D eigenvalue weighted by atomic mass is 32.2. The van der Waals surface area contributed by atoms with Gasteiger partial charge >= 0.3 is 0 Å². The molecule has 2 N–H and O–H groups in total. The predicted molar refractivity (Wildman–Crippen MR) is 80.3 cm³/mol. The smallest absolute Gasteiger partial charge is 0.154 e. The Hall–Kier alpha value is -1.73. The molecule has 1 aliphatic heterocycles. The van der Waals surface area contributed by atoms with Crippen molar-refractivity contribution >= 4 is 9.84 Å². The van der Waals surface area contributed by atoms with E-state index in [4.69, 9.17) is 0 Å². The number of hydrogen-bond acceptors (Lipinski definition) is 5. The summed E-state index contributed by atoms with van der Waals surface area (Å²) in [4.78, 5) is 4.10. The first-order valence-corrected chi connectivity index (χ1v) is 8.73. The number of pyridine rings is 1. The Labute approximate surface area is 123 Å². The molecule has 112 valence electrons. The molecular weight excluding hydrogens is 288 g/mol. The topological polar surface area (TPSA) is 87.7 Å². The molecule has 0 spiro atoms. The van der Waals surface area contributed by atoms with Gasteiger partial charge < -0.3 is 5.32 Å². The number of hydrogen-bond donors (Lipinski definition) is 2. The van der Waals surface area contributed by atoms with Crippen molar-refractivity contribution in [3.8, 4) is 11.3 Å². The van der Waals surface area contributed by atoms with Gasteiger partial charge in [-0.15, -0.1) is 0 Å². The number of sulfone groups is 1. The summed E-state index contributed by atoms with van der Waals surface area (Å²) >= 11 is 0. The Bertz CT molecular complexity index is 697. The molecule has 2 aromatic rings. The second-order valence-electron chi connectivity index (χ2n) is 5.27. The highest BCUT2D eigenvalue weighted by Gasteiger charge is 2.30. The third-order valence-electron chi connectivity index (χ3n) is 3.82. The van der Waals surface area contributed by atoms with E-state index < -0.39 is 9.84 Å². The summed E-state index contributed by atoms with van der Waals surface area (Å²) < 4.78 is 23.6. The van der Waals surface area contributed by atoms with Gasteiger partial charge in [0.2, 0.25) is 0 Å². The van der Waals surface area contributed by atoms with Gasteiger partial charge in [-0.1, -0.05) is 0 Å². The molecule has 3 heterocycles. The van der Waals surface area contributed by atoms with Gasteiger partial charge in [0.25, 0.3) is 0 Å². The fraction of sp³-hybridized carbons (Fsp3) is 0.429. The first kappa shape index (κ1) is 14.2. The van der Waals surface area contributed by atoms with Crippen LogP contribution < -0.4 is 5.32 Å². The van der Waals surface area contributed by atoms with Gasteiger partial charge in [-0.05, 0) is 25.0 Å². The average Bonchev–Trinajstić information content (AvgIpc) is 3.07. The quantitative estimate of drug-likeness (QED) is 0.865. The van der Waals surface area contributed by atoms with Crippen molar-refractivity contribution in [1.82, 2.24) is 20.5 Å². The monoisotopic (exact) mass is 306 g/mol. The number of nitrogens with zero attached hydrogens (tertiary/aromatic N) is 2. The zero-order chi connectivity index (χ0) is 14.7. The Morgan fingerprint density at radius 1 is 1.38 bits per heavy atom. The van der Waals surface area contributed by atoms with E-state index >= 15 is 0 Å². The van der Waals surface area contributed by atoms with E-state index in [0.29, 0.717) is 18.8 Å². The molecular formula is C14H18N4O2S. The molecule has 6 nitrogen and oxygen atoms in total. The van der Waals surface area contributed by atoms with E-state index in [1.54, 1.807) is 18.6 Å². The van der Waals surface area contributed by atoms with Crippen LogP contribution >= 0.6 is 0 Å². The van der Waals surface area contributed by atoms with Crippen LogP contribution in [-0.4, -0.2) is 41.1 Å². The zero-order valence-corrected chi connectivity index (χ0v) is 12.4. The van der Waals surface area contributed by atoms with Gasteiger partial charge in [0.05, 0.1) is 22.9 Å². The average molecular weight is 306 g/mol. The van der Waals surface area contributed by atoms with Gasteiger partial charge in [0.1, 0.15) is 0 Å². The van der Waals surface area contributed by atoms with E-state index in [-0.39, 0.29) is 5.25 Å². The number of rotatable bonds is 5. The minimum atomic E-state index is -2.89. The van der Waals surface area contributed by atoms with E-state index in [2.05, 4.69) is 20.5 Å². The van der Waals surface area contributed by atoms with Crippen molar-refractivity contribution in [2.45, 2.75) is 24.6 Å². The fourth-order valence-electron chi connectivity index (χ4n) is 2.66. The fourth-order valence-corrected chi connectivity index (χ4v) is 4.46. The summed E-state index contributed by atoms with van der Waals surface area (Å²) in [5.74, 6) is 0.325. The summed E-state index contributed by atoms with van der Waals surface area (Å²) in [5.41, 5.74) is 2.91. The van der Waals surface area contributed by atoms with Crippen LogP contribution in [0.25, 0.3) is 11.3 Å². The third kappa shape index (κ3) is 3.14. The molecule has 1 atom stereocenters. The summed E-state index contributed by atoms with van der Waals surface area (Å²) in [6.45, 7) is 1.09. The first-order chi connectivity index (χ1) is 10.2. The summed E-state index contributed by atoms with van der Waals surface area (Å²) in [5, 5.41) is 10.0. The third-order valence-corrected chi connectivity index (χ3v) is 6.09. The molecule has 1 saturated heterocycles. The van der Waals surface area contributed by atoms with Crippen LogP contribution in [0.4, 0.5) is 0 Å². The lowest BCUT2D eigenvalue weighted by molar-refractivity contribution is 0.574. The molecule has 0 aliphatic carbocycles. The zero-order valence-electron chi connectivity index (χ0n) is 11.6. The van der Waals surface area contributed by atoms with Crippen LogP contribution in [0.3, 0.4) is 0 Å². The molecule has 0 aromatic carbocycles. The lowest BCUT2D eigenvalue weighted by Crippen LogP contribution is -2.30. The largest absolute Gasteiger partial charge is 0.311 e. The predicted octanol–water partition coefficient (Wildman–Crippen LogP) is 1.14. The number of aromatic nitrogens is 3. The van der Waals surface area contributed by atoms with E-state index in [1.807, 2.05) is 12.1 Å². The highest BCUT2D eigenvalue weighted by Crippen LogP contribution is 2.21. The molecule has 0 saturated carbocycles. The van der Waals surface area contributed by atoms with Gasteiger partial charge in [-0.2, -0.15) is 5.10 Å². The molecule has 7 heteroatoms. The van der Waals surface area contributed by atoms with E-state index in [9.17, 15) is 8.42 Å². The van der Waals surface area contributed by atoms with Crippen molar-refractivity contribution in [2.24, 2.45) is 0 Å². The minimum Gasteiger partial charge on any atom is -0.311 e. The van der Waals surface area contributed by atoms with Crippen molar-refractivity contribution in [2.75, 3.05) is 12.3 Å². The van der Waals surface area contributed by atoms with E-state index in [0.717, 1.165) is 29.7 Å². The van der Waals surface area contributed by atoms with Crippen LogP contribution in [0.1, 0.15) is 18.4 Å². The van der Waals surface area contributed by atoms with Crippen molar-refractivity contribution in [3.05, 3.63) is 36.3 Å². The number of aromatic amines is 1. The molecule has 21 heavy (non-hydrogen) atoms. The SMILES string of the molecule is O=S1(=O)CCCC1CNCc1cn[nH]c1-c1cccnc1. The Morgan fingerprint density at radius 2 is 2.29 bits per heavy atom. The molecule has 1 fully saturated rings. The molecule has 0 amide bonds. The molecule has 0 radical (unpaired) electrons. The van der Waals surface area contributed by atoms with Crippen molar-refractivity contribution in [3.63, 3.8) is 0 Å². The maximum atomic E-state index is 11.8. The molecule has 3 rings (SSSR count). The second-order valence-corrected chi connectivity index (χ2v) is 7.67. The summed E-state index contributed by atoms with van der Waals surface area (Å²) in [7, 11) is -2.89. The van der Waals surface area contributed by atoms with Crippen LogP contribution in [-0.2, 0) is 16.4 Å². The molecule has 1 aliphatic rings. The van der Waals surface area contributed by atoms with Gasteiger partial charge in [-0.3, -0.25) is 10.1 Å². The summed E-state index contributed by atoms with van der Waals surface area (Å²) in [6.07, 6.45) is 6.80.